The first-order chi connectivity index (χ1) is 9.37. The number of carbonyl (C=O) groups excluding carboxylic acids is 1. The zero-order valence-corrected chi connectivity index (χ0v) is 13.4. The van der Waals surface area contributed by atoms with Crippen LogP contribution in [-0.4, -0.2) is 54.7 Å². The molecule has 1 heterocycles. The van der Waals surface area contributed by atoms with Crippen molar-refractivity contribution in [3.8, 4) is 0 Å². The summed E-state index contributed by atoms with van der Waals surface area (Å²) in [6, 6.07) is 0. The van der Waals surface area contributed by atoms with Crippen LogP contribution in [0.15, 0.2) is 0 Å². The molecular weight excluding hydrogens is 254 g/mol. The van der Waals surface area contributed by atoms with Gasteiger partial charge in [0.1, 0.15) is 0 Å². The lowest BCUT2D eigenvalue weighted by molar-refractivity contribution is -0.124. The lowest BCUT2D eigenvalue weighted by Crippen LogP contribution is -2.53. The van der Waals surface area contributed by atoms with Crippen LogP contribution in [0.1, 0.15) is 47.0 Å². The van der Waals surface area contributed by atoms with E-state index >= 15 is 0 Å². The number of nitrogens with two attached hydrogens (primary N) is 1. The molecule has 0 spiro atoms. The highest BCUT2D eigenvalue weighted by molar-refractivity contribution is 5.84. The van der Waals surface area contributed by atoms with Crippen LogP contribution in [0.3, 0.4) is 0 Å². The Morgan fingerprint density at radius 1 is 1.35 bits per heavy atom. The number of nitrogens with one attached hydrogen (secondary N) is 1. The maximum Gasteiger partial charge on any atom is 0.237 e. The zero-order valence-electron chi connectivity index (χ0n) is 13.4. The molecule has 1 saturated heterocycles. The monoisotopic (exact) mass is 285 g/mol. The van der Waals surface area contributed by atoms with E-state index in [4.69, 9.17) is 10.5 Å². The molecular formula is C15H31N3O2. The first-order valence-corrected chi connectivity index (χ1v) is 7.80. The van der Waals surface area contributed by atoms with Crippen LogP contribution >= 0.6 is 0 Å². The average molecular weight is 285 g/mol. The minimum atomic E-state index is -0.569. The van der Waals surface area contributed by atoms with Crippen molar-refractivity contribution in [2.75, 3.05) is 26.2 Å². The highest BCUT2D eigenvalue weighted by Crippen LogP contribution is 2.15. The molecule has 1 unspecified atom stereocenters. The second-order valence-corrected chi connectivity index (χ2v) is 6.20. The predicted octanol–water partition coefficient (Wildman–Crippen LogP) is 1.12. The molecule has 1 aliphatic heterocycles. The number of rotatable bonds is 8. The molecule has 1 rings (SSSR count). The Balaban J connectivity index is 2.28. The number of unbranched alkanes of at least 4 members (excludes halogenated alkanes) is 1. The van der Waals surface area contributed by atoms with Gasteiger partial charge < -0.3 is 15.8 Å². The molecule has 0 bridgehead atoms. The smallest absolute Gasteiger partial charge is 0.237 e. The van der Waals surface area contributed by atoms with E-state index in [9.17, 15) is 4.79 Å². The van der Waals surface area contributed by atoms with Crippen molar-refractivity contribution in [1.82, 2.24) is 10.2 Å². The van der Waals surface area contributed by atoms with Crippen molar-refractivity contribution < 1.29 is 9.53 Å². The van der Waals surface area contributed by atoms with Crippen molar-refractivity contribution in [2.24, 2.45) is 5.73 Å². The van der Waals surface area contributed by atoms with E-state index in [1.54, 1.807) is 0 Å². The second kappa shape index (κ2) is 7.96. The molecule has 1 fully saturated rings. The summed E-state index contributed by atoms with van der Waals surface area (Å²) in [6.45, 7) is 12.0. The van der Waals surface area contributed by atoms with Crippen LogP contribution in [0.5, 0.6) is 0 Å². The number of hydrogen-bond donors (Lipinski definition) is 2. The minimum Gasteiger partial charge on any atom is -0.373 e. The van der Waals surface area contributed by atoms with Crippen LogP contribution in [0.25, 0.3) is 0 Å². The molecule has 0 aromatic heterocycles. The van der Waals surface area contributed by atoms with Crippen molar-refractivity contribution >= 4 is 5.91 Å². The van der Waals surface area contributed by atoms with Gasteiger partial charge in [0.15, 0.2) is 0 Å². The van der Waals surface area contributed by atoms with Gasteiger partial charge in [0.05, 0.1) is 17.7 Å². The Hall–Kier alpha value is -0.650. The van der Waals surface area contributed by atoms with Gasteiger partial charge in [0.2, 0.25) is 5.91 Å². The zero-order chi connectivity index (χ0) is 15.2. The lowest BCUT2D eigenvalue weighted by atomic mass is 9.94. The van der Waals surface area contributed by atoms with E-state index in [-0.39, 0.29) is 5.91 Å². The number of carbonyl (C=O) groups is 1. The average Bonchev–Trinajstić information content (AvgIpc) is 2.33. The standard InChI is InChI=1S/C15H31N3O2/c1-5-17-15(4,14(16)19)8-6-7-9-18-10-12(2)20-13(3)11-18/h12-13,17H,5-11H2,1-4H3,(H2,16,19)/t12-,13+,15?. The van der Waals surface area contributed by atoms with Gasteiger partial charge in [-0.2, -0.15) is 0 Å². The maximum atomic E-state index is 11.5. The third-order valence-corrected chi connectivity index (χ3v) is 4.01. The lowest BCUT2D eigenvalue weighted by Gasteiger charge is -2.35. The van der Waals surface area contributed by atoms with E-state index in [0.29, 0.717) is 12.2 Å². The number of hydrogen-bond acceptors (Lipinski definition) is 4. The molecule has 118 valence electrons. The fourth-order valence-electron chi connectivity index (χ4n) is 2.97. The third-order valence-electron chi connectivity index (χ3n) is 4.01. The van der Waals surface area contributed by atoms with Gasteiger partial charge in [-0.25, -0.2) is 0 Å². The first kappa shape index (κ1) is 17.4. The number of ether oxygens (including phenoxy) is 1. The number of nitrogens with zero attached hydrogens (tertiary/aromatic N) is 1. The largest absolute Gasteiger partial charge is 0.373 e. The summed E-state index contributed by atoms with van der Waals surface area (Å²) < 4.78 is 5.73. The van der Waals surface area contributed by atoms with Crippen molar-refractivity contribution in [1.29, 1.82) is 0 Å². The number of amides is 1. The number of primary amides is 1. The van der Waals surface area contributed by atoms with Gasteiger partial charge in [-0.3, -0.25) is 9.69 Å². The topological polar surface area (TPSA) is 67.6 Å². The van der Waals surface area contributed by atoms with Gasteiger partial charge in [0, 0.05) is 13.1 Å². The molecule has 0 aromatic carbocycles. The van der Waals surface area contributed by atoms with Gasteiger partial charge in [-0.1, -0.05) is 6.92 Å². The molecule has 20 heavy (non-hydrogen) atoms. The summed E-state index contributed by atoms with van der Waals surface area (Å²) in [5.41, 5.74) is 4.92. The van der Waals surface area contributed by atoms with Crippen LogP contribution < -0.4 is 11.1 Å². The SMILES string of the molecule is CCNC(C)(CCCCN1C[C@@H](C)O[C@@H](C)C1)C(N)=O. The molecule has 3 N–H and O–H groups in total. The Labute approximate surface area is 123 Å². The summed E-state index contributed by atoms with van der Waals surface area (Å²) >= 11 is 0. The van der Waals surface area contributed by atoms with Gasteiger partial charge in [0.25, 0.3) is 0 Å². The molecule has 1 aliphatic rings. The van der Waals surface area contributed by atoms with E-state index in [2.05, 4.69) is 24.1 Å². The fraction of sp³-hybridized carbons (Fsp3) is 0.933. The van der Waals surface area contributed by atoms with Crippen molar-refractivity contribution in [3.05, 3.63) is 0 Å². The Bertz CT molecular complexity index is 301. The molecule has 0 radical (unpaired) electrons. The van der Waals surface area contributed by atoms with E-state index in [1.165, 1.54) is 0 Å². The minimum absolute atomic E-state index is 0.257. The third kappa shape index (κ3) is 5.38. The molecule has 0 aliphatic carbocycles. The quantitative estimate of drug-likeness (QED) is 0.656. The molecule has 0 aromatic rings. The molecule has 1 amide bonds. The highest BCUT2D eigenvalue weighted by Gasteiger charge is 2.29. The van der Waals surface area contributed by atoms with Crippen molar-refractivity contribution in [2.45, 2.75) is 64.7 Å². The van der Waals surface area contributed by atoms with Crippen molar-refractivity contribution in [3.63, 3.8) is 0 Å². The predicted molar refractivity (Wildman–Crippen MR) is 81.6 cm³/mol. The summed E-state index contributed by atoms with van der Waals surface area (Å²) in [5.74, 6) is -0.257. The molecule has 5 heteroatoms. The second-order valence-electron chi connectivity index (χ2n) is 6.20. The van der Waals surface area contributed by atoms with E-state index < -0.39 is 5.54 Å². The van der Waals surface area contributed by atoms with E-state index in [1.807, 2.05) is 13.8 Å². The van der Waals surface area contributed by atoms with E-state index in [0.717, 1.165) is 45.4 Å². The summed E-state index contributed by atoms with van der Waals surface area (Å²) in [6.07, 6.45) is 3.53. The Morgan fingerprint density at radius 3 is 2.45 bits per heavy atom. The molecule has 5 nitrogen and oxygen atoms in total. The summed E-state index contributed by atoms with van der Waals surface area (Å²) in [5, 5.41) is 3.20. The van der Waals surface area contributed by atoms with Crippen LogP contribution in [0.4, 0.5) is 0 Å². The molecule has 0 saturated carbocycles. The maximum absolute atomic E-state index is 11.5. The Morgan fingerprint density at radius 2 is 1.95 bits per heavy atom. The normalized spacial score (nSPS) is 27.2. The first-order valence-electron chi connectivity index (χ1n) is 7.80. The molecule has 3 atom stereocenters. The fourth-order valence-corrected chi connectivity index (χ4v) is 2.97. The van der Waals surface area contributed by atoms with Gasteiger partial charge in [-0.15, -0.1) is 0 Å². The van der Waals surface area contributed by atoms with Crippen LogP contribution in [0, 0.1) is 0 Å². The Kier molecular flexibility index (Phi) is 6.92. The van der Waals surface area contributed by atoms with Crippen LogP contribution in [0.2, 0.25) is 0 Å². The highest BCUT2D eigenvalue weighted by atomic mass is 16.5. The summed E-state index contributed by atoms with van der Waals surface area (Å²) in [7, 11) is 0. The van der Waals surface area contributed by atoms with Crippen LogP contribution in [-0.2, 0) is 9.53 Å². The van der Waals surface area contributed by atoms with Gasteiger partial charge in [-0.05, 0) is 53.1 Å². The number of morpholine rings is 1. The summed E-state index contributed by atoms with van der Waals surface area (Å²) in [4.78, 5) is 14.0. The number of likely N-dealkylation sites (N-methyl/N-ethyl adjacent to an activating group) is 1. The van der Waals surface area contributed by atoms with Gasteiger partial charge >= 0.3 is 0 Å².